The number of nitrogens with one attached hydrogen (secondary N) is 4. The molecule has 0 bridgehead atoms. The van der Waals surface area contributed by atoms with Crippen molar-refractivity contribution < 1.29 is 24.3 Å². The summed E-state index contributed by atoms with van der Waals surface area (Å²) in [5, 5.41) is 16.0. The summed E-state index contributed by atoms with van der Waals surface area (Å²) in [5.74, 6) is -3.11. The van der Waals surface area contributed by atoms with Crippen LogP contribution in [-0.4, -0.2) is 36.8 Å². The minimum absolute atomic E-state index is 0.0610. The lowest BCUT2D eigenvalue weighted by Crippen LogP contribution is -2.43. The lowest BCUT2D eigenvalue weighted by molar-refractivity contribution is -0.255. The molecular formula is C18H15Cl2N4O5-. The maximum absolute atomic E-state index is 12.0. The molecule has 0 aliphatic heterocycles. The summed E-state index contributed by atoms with van der Waals surface area (Å²) in [7, 11) is 0. The second-order valence-corrected chi connectivity index (χ2v) is 6.47. The number of benzene rings is 2. The number of hydrogen-bond donors (Lipinski definition) is 4. The lowest BCUT2D eigenvalue weighted by Gasteiger charge is -2.11. The van der Waals surface area contributed by atoms with E-state index < -0.39 is 23.7 Å². The fraction of sp³-hybridized carbons (Fsp3) is 0.111. The average Bonchev–Trinajstić information content (AvgIpc) is 2.69. The van der Waals surface area contributed by atoms with Crippen molar-refractivity contribution in [2.75, 3.05) is 18.5 Å². The minimum Gasteiger partial charge on any atom is -0.545 e. The molecule has 3 amide bonds. The maximum Gasteiger partial charge on any atom is 0.257 e. The zero-order chi connectivity index (χ0) is 21.4. The summed E-state index contributed by atoms with van der Waals surface area (Å²) in [6.07, 6.45) is 0. The van der Waals surface area contributed by atoms with Crippen molar-refractivity contribution in [1.82, 2.24) is 16.1 Å². The van der Waals surface area contributed by atoms with E-state index in [4.69, 9.17) is 23.2 Å². The summed E-state index contributed by atoms with van der Waals surface area (Å²) in [6, 6.07) is 9.92. The van der Waals surface area contributed by atoms with Crippen LogP contribution in [0.1, 0.15) is 20.7 Å². The highest BCUT2D eigenvalue weighted by molar-refractivity contribution is 6.36. The second-order valence-electron chi connectivity index (χ2n) is 5.63. The van der Waals surface area contributed by atoms with E-state index in [9.17, 15) is 24.3 Å². The maximum atomic E-state index is 12.0. The van der Waals surface area contributed by atoms with Gasteiger partial charge in [-0.05, 0) is 35.9 Å². The summed E-state index contributed by atoms with van der Waals surface area (Å²) >= 11 is 11.7. The molecule has 0 atom stereocenters. The number of carbonyl (C=O) groups excluding carboxylic acids is 4. The van der Waals surface area contributed by atoms with Crippen LogP contribution in [-0.2, 0) is 9.59 Å². The third-order valence-electron chi connectivity index (χ3n) is 3.48. The van der Waals surface area contributed by atoms with Gasteiger partial charge in [-0.2, -0.15) is 0 Å². The fourth-order valence-electron chi connectivity index (χ4n) is 2.08. The average molecular weight is 438 g/mol. The van der Waals surface area contributed by atoms with Gasteiger partial charge in [0.25, 0.3) is 11.8 Å². The Morgan fingerprint density at radius 3 is 2.31 bits per heavy atom. The fourth-order valence-corrected chi connectivity index (χ4v) is 2.58. The van der Waals surface area contributed by atoms with Crippen LogP contribution < -0.4 is 26.6 Å². The van der Waals surface area contributed by atoms with Crippen LogP contribution in [0.3, 0.4) is 0 Å². The number of hydrazine groups is 1. The standard InChI is InChI=1S/C18H16Cl2N4O5/c19-11-4-5-13(14(20)7-11)17(27)22-8-15(25)21-9-16(26)24-23-12-3-1-2-10(6-12)18(28)29/h1-7,23H,8-9H2,(H,21,25)(H,22,27)(H,24,26)(H,28,29)/p-1. The first-order valence-electron chi connectivity index (χ1n) is 8.12. The first-order valence-corrected chi connectivity index (χ1v) is 8.88. The zero-order valence-electron chi connectivity index (χ0n) is 14.8. The summed E-state index contributed by atoms with van der Waals surface area (Å²) in [6.45, 7) is -0.740. The van der Waals surface area contributed by atoms with Crippen molar-refractivity contribution >= 4 is 52.6 Å². The first kappa shape index (κ1) is 22.0. The van der Waals surface area contributed by atoms with Crippen molar-refractivity contribution in [1.29, 1.82) is 0 Å². The van der Waals surface area contributed by atoms with Gasteiger partial charge in [0.1, 0.15) is 0 Å². The largest absolute Gasteiger partial charge is 0.545 e. The van der Waals surface area contributed by atoms with Gasteiger partial charge in [0.05, 0.1) is 35.3 Å². The van der Waals surface area contributed by atoms with E-state index in [0.717, 1.165) is 0 Å². The molecule has 0 saturated carbocycles. The molecule has 4 N–H and O–H groups in total. The normalized spacial score (nSPS) is 10.0. The molecule has 2 aromatic carbocycles. The lowest BCUT2D eigenvalue weighted by atomic mass is 10.2. The minimum atomic E-state index is -1.35. The molecule has 0 heterocycles. The monoisotopic (exact) mass is 437 g/mol. The van der Waals surface area contributed by atoms with Crippen molar-refractivity contribution in [2.45, 2.75) is 0 Å². The molecule has 2 aromatic rings. The van der Waals surface area contributed by atoms with Crippen LogP contribution in [0, 0.1) is 0 Å². The number of carbonyl (C=O) groups is 4. The number of halogens is 2. The SMILES string of the molecule is O=C(CNC(=O)c1ccc(Cl)cc1Cl)NCC(=O)NNc1cccc(C(=O)[O-])c1. The number of aromatic carboxylic acids is 1. The Morgan fingerprint density at radius 2 is 1.62 bits per heavy atom. The van der Waals surface area contributed by atoms with Crippen LogP contribution in [0.15, 0.2) is 42.5 Å². The van der Waals surface area contributed by atoms with Crippen molar-refractivity contribution in [3.63, 3.8) is 0 Å². The number of carboxylic acids is 1. The third kappa shape index (κ3) is 6.98. The molecule has 152 valence electrons. The summed E-state index contributed by atoms with van der Waals surface area (Å²) in [4.78, 5) is 46.3. The number of hydrogen-bond acceptors (Lipinski definition) is 6. The molecule has 11 heteroatoms. The van der Waals surface area contributed by atoms with E-state index in [1.54, 1.807) is 0 Å². The molecule has 0 radical (unpaired) electrons. The van der Waals surface area contributed by atoms with E-state index in [2.05, 4.69) is 21.5 Å². The molecule has 9 nitrogen and oxygen atoms in total. The molecule has 0 aromatic heterocycles. The Labute approximate surface area is 175 Å². The Kier molecular flexibility index (Phi) is 7.81. The van der Waals surface area contributed by atoms with Gasteiger partial charge in [-0.15, -0.1) is 0 Å². The van der Waals surface area contributed by atoms with E-state index in [0.29, 0.717) is 10.7 Å². The molecule has 0 unspecified atom stereocenters. The van der Waals surface area contributed by atoms with Crippen LogP contribution in [0.2, 0.25) is 10.0 Å². The van der Waals surface area contributed by atoms with Gasteiger partial charge in [-0.3, -0.25) is 25.2 Å². The van der Waals surface area contributed by atoms with Gasteiger partial charge in [-0.1, -0.05) is 35.3 Å². The number of carboxylic acid groups (broad SMARTS) is 1. The first-order chi connectivity index (χ1) is 13.8. The Morgan fingerprint density at radius 1 is 0.897 bits per heavy atom. The van der Waals surface area contributed by atoms with Crippen molar-refractivity contribution in [3.8, 4) is 0 Å². The van der Waals surface area contributed by atoms with Crippen LogP contribution in [0.25, 0.3) is 0 Å². The van der Waals surface area contributed by atoms with E-state index >= 15 is 0 Å². The van der Waals surface area contributed by atoms with Crippen molar-refractivity contribution in [2.24, 2.45) is 0 Å². The Bertz CT molecular complexity index is 952. The van der Waals surface area contributed by atoms with Crippen LogP contribution in [0.5, 0.6) is 0 Å². The molecular weight excluding hydrogens is 423 g/mol. The van der Waals surface area contributed by atoms with E-state index in [-0.39, 0.29) is 29.2 Å². The summed E-state index contributed by atoms with van der Waals surface area (Å²) in [5.41, 5.74) is 5.21. The molecule has 0 fully saturated rings. The van der Waals surface area contributed by atoms with Gasteiger partial charge in [0, 0.05) is 5.02 Å². The topological polar surface area (TPSA) is 139 Å². The van der Waals surface area contributed by atoms with Gasteiger partial charge in [0.15, 0.2) is 0 Å². The molecule has 0 spiro atoms. The quantitative estimate of drug-likeness (QED) is 0.439. The van der Waals surface area contributed by atoms with Gasteiger partial charge < -0.3 is 20.5 Å². The predicted molar refractivity (Wildman–Crippen MR) is 104 cm³/mol. The molecule has 2 rings (SSSR count). The zero-order valence-corrected chi connectivity index (χ0v) is 16.3. The highest BCUT2D eigenvalue weighted by Crippen LogP contribution is 2.20. The van der Waals surface area contributed by atoms with Crippen LogP contribution >= 0.6 is 23.2 Å². The van der Waals surface area contributed by atoms with E-state index in [1.807, 2.05) is 0 Å². The summed E-state index contributed by atoms with van der Waals surface area (Å²) < 4.78 is 0. The van der Waals surface area contributed by atoms with Crippen LogP contribution in [0.4, 0.5) is 5.69 Å². The van der Waals surface area contributed by atoms with Crippen molar-refractivity contribution in [3.05, 3.63) is 63.6 Å². The molecule has 29 heavy (non-hydrogen) atoms. The third-order valence-corrected chi connectivity index (χ3v) is 4.02. The number of anilines is 1. The van der Waals surface area contributed by atoms with Gasteiger partial charge in [0.2, 0.25) is 5.91 Å². The van der Waals surface area contributed by atoms with Gasteiger partial charge >= 0.3 is 0 Å². The highest BCUT2D eigenvalue weighted by atomic mass is 35.5. The Balaban J connectivity index is 1.73. The predicted octanol–water partition coefficient (Wildman–Crippen LogP) is 0.346. The Hall–Kier alpha value is -3.30. The number of rotatable bonds is 8. The molecule has 0 aliphatic carbocycles. The molecule has 0 saturated heterocycles. The highest BCUT2D eigenvalue weighted by Gasteiger charge is 2.12. The second kappa shape index (κ2) is 10.3. The molecule has 0 aliphatic rings. The number of amides is 3. The van der Waals surface area contributed by atoms with E-state index in [1.165, 1.54) is 42.5 Å². The van der Waals surface area contributed by atoms with Gasteiger partial charge in [-0.25, -0.2) is 0 Å². The smallest absolute Gasteiger partial charge is 0.257 e.